The average molecular weight is 360 g/mol. The van der Waals surface area contributed by atoms with E-state index in [1.807, 2.05) is 18.0 Å². The van der Waals surface area contributed by atoms with Gasteiger partial charge in [0.05, 0.1) is 0 Å². The molecule has 1 aromatic rings. The number of nitrogens with one attached hydrogen (secondary N) is 1. The normalized spacial score (nSPS) is 19.1. The van der Waals surface area contributed by atoms with Gasteiger partial charge in [-0.3, -0.25) is 4.79 Å². The maximum Gasteiger partial charge on any atom is 0.254 e. The zero-order valence-electron chi connectivity index (χ0n) is 11.7. The van der Waals surface area contributed by atoms with Crippen molar-refractivity contribution in [2.45, 2.75) is 31.7 Å². The summed E-state index contributed by atoms with van der Waals surface area (Å²) in [6.07, 6.45) is 4.39. The second-order valence-electron chi connectivity index (χ2n) is 5.20. The lowest BCUT2D eigenvalue weighted by Gasteiger charge is -2.36. The number of benzene rings is 1. The van der Waals surface area contributed by atoms with E-state index in [1.54, 1.807) is 12.1 Å². The molecule has 2 rings (SSSR count). The number of hydrogen-bond acceptors (Lipinski definition) is 2. The highest BCUT2D eigenvalue weighted by Gasteiger charge is 2.27. The van der Waals surface area contributed by atoms with Gasteiger partial charge in [0.15, 0.2) is 0 Å². The molecule has 1 amide bonds. The molecule has 1 N–H and O–H groups in total. The molecule has 1 fully saturated rings. The lowest BCUT2D eigenvalue weighted by atomic mass is 9.98. The van der Waals surface area contributed by atoms with Crippen molar-refractivity contribution >= 4 is 33.4 Å². The Kier molecular flexibility index (Phi) is 5.87. The Morgan fingerprint density at radius 1 is 1.45 bits per heavy atom. The van der Waals surface area contributed by atoms with Gasteiger partial charge in [-0.05, 0) is 57.5 Å². The fourth-order valence-corrected chi connectivity index (χ4v) is 3.58. The van der Waals surface area contributed by atoms with Crippen molar-refractivity contribution in [3.05, 3.63) is 33.3 Å². The minimum Gasteiger partial charge on any atom is -0.336 e. The topological polar surface area (TPSA) is 32.3 Å². The summed E-state index contributed by atoms with van der Waals surface area (Å²) in [4.78, 5) is 14.7. The molecule has 3 nitrogen and oxygen atoms in total. The van der Waals surface area contributed by atoms with Crippen LogP contribution >= 0.6 is 27.5 Å². The van der Waals surface area contributed by atoms with Crippen LogP contribution < -0.4 is 5.32 Å². The zero-order valence-corrected chi connectivity index (χ0v) is 14.0. The van der Waals surface area contributed by atoms with E-state index in [4.69, 9.17) is 11.6 Å². The van der Waals surface area contributed by atoms with E-state index >= 15 is 0 Å². The van der Waals surface area contributed by atoms with Gasteiger partial charge in [-0.2, -0.15) is 0 Å². The number of rotatable bonds is 4. The number of nitrogens with zero attached hydrogens (tertiary/aromatic N) is 1. The molecule has 1 heterocycles. The van der Waals surface area contributed by atoms with Crippen LogP contribution in [0.2, 0.25) is 5.02 Å². The number of piperidine rings is 1. The van der Waals surface area contributed by atoms with Crippen LogP contribution in [-0.4, -0.2) is 37.0 Å². The molecular formula is C15H20BrClN2O. The molecule has 1 aliphatic heterocycles. The van der Waals surface area contributed by atoms with Crippen LogP contribution in [0.25, 0.3) is 0 Å². The standard InChI is InChI=1S/C15H20BrClN2O/c1-18-6-5-14-4-2-3-7-19(14)15(20)11-8-12(16)10-13(17)9-11/h8-10,14,18H,2-7H2,1H3. The molecule has 1 unspecified atom stereocenters. The highest BCUT2D eigenvalue weighted by atomic mass is 79.9. The van der Waals surface area contributed by atoms with Crippen molar-refractivity contribution in [1.29, 1.82) is 0 Å². The molecule has 1 aromatic carbocycles. The Hall–Kier alpha value is -0.580. The fraction of sp³-hybridized carbons (Fsp3) is 0.533. The second-order valence-corrected chi connectivity index (χ2v) is 6.55. The Bertz CT molecular complexity index is 461. The van der Waals surface area contributed by atoms with Gasteiger partial charge in [-0.15, -0.1) is 0 Å². The average Bonchev–Trinajstić information content (AvgIpc) is 2.43. The van der Waals surface area contributed by atoms with Crippen molar-refractivity contribution in [2.24, 2.45) is 0 Å². The van der Waals surface area contributed by atoms with Gasteiger partial charge in [-0.25, -0.2) is 0 Å². The first-order chi connectivity index (χ1) is 9.61. The van der Waals surface area contributed by atoms with Crippen LogP contribution in [0.15, 0.2) is 22.7 Å². The van der Waals surface area contributed by atoms with E-state index in [9.17, 15) is 4.79 Å². The molecule has 0 saturated carbocycles. The highest BCUT2D eigenvalue weighted by Crippen LogP contribution is 2.25. The van der Waals surface area contributed by atoms with Crippen LogP contribution in [0, 0.1) is 0 Å². The number of carbonyl (C=O) groups is 1. The SMILES string of the molecule is CNCCC1CCCCN1C(=O)c1cc(Cl)cc(Br)c1. The maximum absolute atomic E-state index is 12.7. The lowest BCUT2D eigenvalue weighted by molar-refractivity contribution is 0.0602. The Morgan fingerprint density at radius 2 is 2.25 bits per heavy atom. The molecule has 0 spiro atoms. The quantitative estimate of drug-likeness (QED) is 0.889. The van der Waals surface area contributed by atoms with Gasteiger partial charge < -0.3 is 10.2 Å². The number of amides is 1. The fourth-order valence-electron chi connectivity index (χ4n) is 2.72. The maximum atomic E-state index is 12.7. The molecule has 20 heavy (non-hydrogen) atoms. The molecule has 1 saturated heterocycles. The van der Waals surface area contributed by atoms with E-state index < -0.39 is 0 Å². The number of likely N-dealkylation sites (tertiary alicyclic amines) is 1. The number of carbonyl (C=O) groups excluding carboxylic acids is 1. The molecule has 5 heteroatoms. The minimum absolute atomic E-state index is 0.0917. The first kappa shape index (κ1) is 15.8. The summed E-state index contributed by atoms with van der Waals surface area (Å²) in [6, 6.07) is 5.73. The summed E-state index contributed by atoms with van der Waals surface area (Å²) < 4.78 is 0.845. The van der Waals surface area contributed by atoms with E-state index in [-0.39, 0.29) is 5.91 Å². The number of halogens is 2. The van der Waals surface area contributed by atoms with Crippen LogP contribution in [0.5, 0.6) is 0 Å². The molecule has 0 radical (unpaired) electrons. The van der Waals surface area contributed by atoms with Gasteiger partial charge in [0.2, 0.25) is 0 Å². The molecular weight excluding hydrogens is 340 g/mol. The van der Waals surface area contributed by atoms with Crippen molar-refractivity contribution < 1.29 is 4.79 Å². The van der Waals surface area contributed by atoms with Gasteiger partial charge in [-0.1, -0.05) is 27.5 Å². The molecule has 0 aliphatic carbocycles. The summed E-state index contributed by atoms with van der Waals surface area (Å²) in [5.74, 6) is 0.0917. The first-order valence-corrected chi connectivity index (χ1v) is 8.20. The molecule has 0 bridgehead atoms. The summed E-state index contributed by atoms with van der Waals surface area (Å²) in [7, 11) is 1.95. The van der Waals surface area contributed by atoms with Gasteiger partial charge in [0, 0.05) is 27.6 Å². The third-order valence-corrected chi connectivity index (χ3v) is 4.40. The first-order valence-electron chi connectivity index (χ1n) is 7.03. The van der Waals surface area contributed by atoms with Crippen molar-refractivity contribution in [3.63, 3.8) is 0 Å². The van der Waals surface area contributed by atoms with Crippen molar-refractivity contribution in [3.8, 4) is 0 Å². The molecule has 1 aliphatic rings. The van der Waals surface area contributed by atoms with Crippen LogP contribution in [0.3, 0.4) is 0 Å². The minimum atomic E-state index is 0.0917. The van der Waals surface area contributed by atoms with E-state index in [0.717, 1.165) is 36.8 Å². The van der Waals surface area contributed by atoms with Gasteiger partial charge in [0.1, 0.15) is 0 Å². The van der Waals surface area contributed by atoms with Crippen LogP contribution in [-0.2, 0) is 0 Å². The summed E-state index contributed by atoms with van der Waals surface area (Å²) in [5, 5.41) is 3.76. The summed E-state index contributed by atoms with van der Waals surface area (Å²) in [6.45, 7) is 1.78. The van der Waals surface area contributed by atoms with E-state index in [2.05, 4.69) is 21.2 Å². The van der Waals surface area contributed by atoms with E-state index in [1.165, 1.54) is 6.42 Å². The van der Waals surface area contributed by atoms with Crippen molar-refractivity contribution in [2.75, 3.05) is 20.1 Å². The predicted molar refractivity (Wildman–Crippen MR) is 86.4 cm³/mol. The summed E-state index contributed by atoms with van der Waals surface area (Å²) in [5.41, 5.74) is 0.667. The van der Waals surface area contributed by atoms with Crippen LogP contribution in [0.4, 0.5) is 0 Å². The van der Waals surface area contributed by atoms with Crippen molar-refractivity contribution in [1.82, 2.24) is 10.2 Å². The monoisotopic (exact) mass is 358 g/mol. The summed E-state index contributed by atoms with van der Waals surface area (Å²) >= 11 is 9.44. The zero-order chi connectivity index (χ0) is 14.5. The van der Waals surface area contributed by atoms with Gasteiger partial charge in [0.25, 0.3) is 5.91 Å². The second kappa shape index (κ2) is 7.43. The highest BCUT2D eigenvalue weighted by molar-refractivity contribution is 9.10. The smallest absolute Gasteiger partial charge is 0.254 e. The predicted octanol–water partition coefficient (Wildman–Crippen LogP) is 3.71. The van der Waals surface area contributed by atoms with E-state index in [0.29, 0.717) is 16.6 Å². The Balaban J connectivity index is 2.16. The molecule has 0 aromatic heterocycles. The van der Waals surface area contributed by atoms with Crippen LogP contribution in [0.1, 0.15) is 36.0 Å². The largest absolute Gasteiger partial charge is 0.336 e. The Labute approximate surface area is 133 Å². The Morgan fingerprint density at radius 3 is 2.95 bits per heavy atom. The molecule has 110 valence electrons. The lowest BCUT2D eigenvalue weighted by Crippen LogP contribution is -2.44. The number of hydrogen-bond donors (Lipinski definition) is 1. The third kappa shape index (κ3) is 3.96. The van der Waals surface area contributed by atoms with Gasteiger partial charge >= 0.3 is 0 Å². The third-order valence-electron chi connectivity index (χ3n) is 3.73. The molecule has 1 atom stereocenters.